The van der Waals surface area contributed by atoms with Crippen LogP contribution in [0.1, 0.15) is 27.2 Å². The van der Waals surface area contributed by atoms with E-state index in [4.69, 9.17) is 0 Å². The minimum absolute atomic E-state index is 0.0388. The van der Waals surface area contributed by atoms with E-state index >= 15 is 0 Å². The molecule has 1 heterocycles. The van der Waals surface area contributed by atoms with Crippen molar-refractivity contribution < 1.29 is 4.39 Å². The number of hydrogen-bond donors (Lipinski definition) is 0. The third-order valence-corrected chi connectivity index (χ3v) is 1.86. The number of allylic oxidation sites excluding steroid dienone is 2. The standard InChI is InChI=1S/C10H16FN/c1-10(2,3)12-7-4-5-9(11)6-8-12/h4,6-9H,5H2,1-3H3. The van der Waals surface area contributed by atoms with Crippen LogP contribution in [0.5, 0.6) is 0 Å². The molecule has 0 saturated heterocycles. The van der Waals surface area contributed by atoms with Crippen LogP contribution in [-0.2, 0) is 0 Å². The summed E-state index contributed by atoms with van der Waals surface area (Å²) in [5.41, 5.74) is 0.0388. The second-order valence-electron chi connectivity index (χ2n) is 4.06. The topological polar surface area (TPSA) is 3.24 Å². The Bertz CT molecular complexity index is 200. The lowest BCUT2D eigenvalue weighted by Crippen LogP contribution is -2.32. The van der Waals surface area contributed by atoms with Crippen molar-refractivity contribution in [2.75, 3.05) is 0 Å². The molecule has 68 valence electrons. The molecule has 1 rings (SSSR count). The lowest BCUT2D eigenvalue weighted by atomic mass is 10.1. The first kappa shape index (κ1) is 9.30. The van der Waals surface area contributed by atoms with E-state index in [-0.39, 0.29) is 5.54 Å². The monoisotopic (exact) mass is 169 g/mol. The molecule has 1 unspecified atom stereocenters. The van der Waals surface area contributed by atoms with Crippen LogP contribution in [0.4, 0.5) is 4.39 Å². The third-order valence-electron chi connectivity index (χ3n) is 1.86. The van der Waals surface area contributed by atoms with Gasteiger partial charge in [0, 0.05) is 24.4 Å². The molecule has 0 saturated carbocycles. The van der Waals surface area contributed by atoms with E-state index < -0.39 is 6.17 Å². The van der Waals surface area contributed by atoms with Crippen LogP contribution in [0.15, 0.2) is 24.6 Å². The molecule has 12 heavy (non-hydrogen) atoms. The first-order chi connectivity index (χ1) is 5.50. The summed E-state index contributed by atoms with van der Waals surface area (Å²) in [6, 6.07) is 0. The smallest absolute Gasteiger partial charge is 0.123 e. The summed E-state index contributed by atoms with van der Waals surface area (Å²) in [6.07, 6.45) is 6.89. The number of nitrogens with zero attached hydrogens (tertiary/aromatic N) is 1. The van der Waals surface area contributed by atoms with Gasteiger partial charge in [-0.2, -0.15) is 0 Å². The van der Waals surface area contributed by atoms with Gasteiger partial charge < -0.3 is 4.90 Å². The first-order valence-electron chi connectivity index (χ1n) is 4.27. The molecule has 0 aliphatic carbocycles. The van der Waals surface area contributed by atoms with Gasteiger partial charge >= 0.3 is 0 Å². The predicted molar refractivity (Wildman–Crippen MR) is 49.4 cm³/mol. The van der Waals surface area contributed by atoms with Crippen LogP contribution in [-0.4, -0.2) is 16.6 Å². The lowest BCUT2D eigenvalue weighted by Gasteiger charge is -2.31. The van der Waals surface area contributed by atoms with Crippen molar-refractivity contribution in [2.45, 2.75) is 38.9 Å². The zero-order valence-electron chi connectivity index (χ0n) is 7.92. The highest BCUT2D eigenvalue weighted by molar-refractivity contribution is 5.05. The third kappa shape index (κ3) is 2.36. The van der Waals surface area contributed by atoms with Crippen LogP contribution < -0.4 is 0 Å². The molecule has 0 N–H and O–H groups in total. The van der Waals surface area contributed by atoms with E-state index in [9.17, 15) is 4.39 Å². The second-order valence-corrected chi connectivity index (χ2v) is 4.06. The molecule has 1 aliphatic heterocycles. The Morgan fingerprint density at radius 3 is 2.58 bits per heavy atom. The molecule has 0 bridgehead atoms. The molecule has 2 heteroatoms. The van der Waals surface area contributed by atoms with Crippen molar-refractivity contribution in [2.24, 2.45) is 0 Å². The number of alkyl halides is 1. The second kappa shape index (κ2) is 3.30. The average Bonchev–Trinajstić information content (AvgIpc) is 2.11. The molecule has 1 atom stereocenters. The highest BCUT2D eigenvalue weighted by Crippen LogP contribution is 2.18. The van der Waals surface area contributed by atoms with Crippen molar-refractivity contribution >= 4 is 0 Å². The normalized spacial score (nSPS) is 24.3. The molecule has 0 aromatic rings. The molecular formula is C10H16FN. The first-order valence-corrected chi connectivity index (χ1v) is 4.27. The maximum absolute atomic E-state index is 12.8. The van der Waals surface area contributed by atoms with Crippen molar-refractivity contribution in [1.82, 2.24) is 4.90 Å². The van der Waals surface area contributed by atoms with Crippen LogP contribution in [0.2, 0.25) is 0 Å². The van der Waals surface area contributed by atoms with E-state index in [1.54, 1.807) is 6.08 Å². The fourth-order valence-corrected chi connectivity index (χ4v) is 1.07. The Morgan fingerprint density at radius 1 is 1.33 bits per heavy atom. The van der Waals surface area contributed by atoms with Gasteiger partial charge in [-0.15, -0.1) is 0 Å². The van der Waals surface area contributed by atoms with E-state index in [1.165, 1.54) is 0 Å². The lowest BCUT2D eigenvalue weighted by molar-refractivity contribution is 0.280. The van der Waals surface area contributed by atoms with Gasteiger partial charge in [0.15, 0.2) is 0 Å². The van der Waals surface area contributed by atoms with Gasteiger partial charge in [0.05, 0.1) is 0 Å². The van der Waals surface area contributed by atoms with E-state index in [0.717, 1.165) is 0 Å². The fraction of sp³-hybridized carbons (Fsp3) is 0.600. The molecule has 0 aromatic heterocycles. The molecule has 0 aromatic carbocycles. The highest BCUT2D eigenvalue weighted by Gasteiger charge is 2.17. The number of halogens is 1. The summed E-state index contributed by atoms with van der Waals surface area (Å²) in [5.74, 6) is 0. The zero-order chi connectivity index (χ0) is 9.19. The number of hydrogen-bond acceptors (Lipinski definition) is 1. The molecular weight excluding hydrogens is 153 g/mol. The van der Waals surface area contributed by atoms with Gasteiger partial charge in [0.25, 0.3) is 0 Å². The van der Waals surface area contributed by atoms with Gasteiger partial charge in [-0.3, -0.25) is 0 Å². The maximum Gasteiger partial charge on any atom is 0.123 e. The van der Waals surface area contributed by atoms with Crippen LogP contribution >= 0.6 is 0 Å². The summed E-state index contributed by atoms with van der Waals surface area (Å²) >= 11 is 0. The van der Waals surface area contributed by atoms with Gasteiger partial charge in [-0.05, 0) is 26.8 Å². The van der Waals surface area contributed by atoms with Crippen molar-refractivity contribution in [3.8, 4) is 0 Å². The molecule has 0 amide bonds. The largest absolute Gasteiger partial charge is 0.350 e. The summed E-state index contributed by atoms with van der Waals surface area (Å²) < 4.78 is 12.8. The Hall–Kier alpha value is -0.790. The summed E-state index contributed by atoms with van der Waals surface area (Å²) in [6.45, 7) is 6.29. The van der Waals surface area contributed by atoms with Gasteiger partial charge in [0.2, 0.25) is 0 Å². The summed E-state index contributed by atoms with van der Waals surface area (Å²) in [4.78, 5) is 2.02. The molecule has 0 fully saturated rings. The molecule has 0 radical (unpaired) electrons. The Balaban J connectivity index is 2.73. The number of rotatable bonds is 0. The zero-order valence-corrected chi connectivity index (χ0v) is 7.92. The summed E-state index contributed by atoms with van der Waals surface area (Å²) in [7, 11) is 0. The Kier molecular flexibility index (Phi) is 2.55. The SMILES string of the molecule is CC(C)(C)N1C=CCC(F)C=C1. The minimum atomic E-state index is -0.825. The van der Waals surface area contributed by atoms with E-state index in [2.05, 4.69) is 20.8 Å². The maximum atomic E-state index is 12.8. The van der Waals surface area contributed by atoms with Gasteiger partial charge in [-0.25, -0.2) is 4.39 Å². The van der Waals surface area contributed by atoms with Crippen molar-refractivity contribution in [1.29, 1.82) is 0 Å². The Morgan fingerprint density at radius 2 is 2.00 bits per heavy atom. The fourth-order valence-electron chi connectivity index (χ4n) is 1.07. The average molecular weight is 169 g/mol. The van der Waals surface area contributed by atoms with Gasteiger partial charge in [-0.1, -0.05) is 6.08 Å². The van der Waals surface area contributed by atoms with E-state index in [1.807, 2.05) is 23.4 Å². The van der Waals surface area contributed by atoms with Crippen LogP contribution in [0.3, 0.4) is 0 Å². The summed E-state index contributed by atoms with van der Waals surface area (Å²) in [5, 5.41) is 0. The van der Waals surface area contributed by atoms with Crippen LogP contribution in [0, 0.1) is 0 Å². The van der Waals surface area contributed by atoms with E-state index in [0.29, 0.717) is 6.42 Å². The Labute approximate surface area is 73.6 Å². The predicted octanol–water partition coefficient (Wildman–Crippen LogP) is 2.86. The van der Waals surface area contributed by atoms with Crippen molar-refractivity contribution in [3.05, 3.63) is 24.6 Å². The van der Waals surface area contributed by atoms with Crippen molar-refractivity contribution in [3.63, 3.8) is 0 Å². The van der Waals surface area contributed by atoms with Crippen LogP contribution in [0.25, 0.3) is 0 Å². The minimum Gasteiger partial charge on any atom is -0.350 e. The molecule has 1 aliphatic rings. The molecule has 1 nitrogen and oxygen atoms in total. The molecule has 0 spiro atoms. The quantitative estimate of drug-likeness (QED) is 0.539. The highest BCUT2D eigenvalue weighted by atomic mass is 19.1. The van der Waals surface area contributed by atoms with Gasteiger partial charge in [0.1, 0.15) is 6.17 Å².